The van der Waals surface area contributed by atoms with Gasteiger partial charge in [0.1, 0.15) is 0 Å². The summed E-state index contributed by atoms with van der Waals surface area (Å²) in [6.07, 6.45) is 3.05. The van der Waals surface area contributed by atoms with Crippen molar-refractivity contribution in [2.45, 2.75) is 6.42 Å². The van der Waals surface area contributed by atoms with Gasteiger partial charge in [0.25, 0.3) is 0 Å². The fourth-order valence-electron chi connectivity index (χ4n) is 1.96. The van der Waals surface area contributed by atoms with Crippen molar-refractivity contribution >= 4 is 11.5 Å². The molecule has 0 amide bonds. The molecule has 0 saturated heterocycles. The first kappa shape index (κ1) is 10.9. The molecule has 3 nitrogen and oxygen atoms in total. The summed E-state index contributed by atoms with van der Waals surface area (Å²) in [6, 6.07) is 10.3. The molecule has 0 spiro atoms. The molecule has 1 aliphatic heterocycles. The Morgan fingerprint density at radius 2 is 2.06 bits per heavy atom. The highest BCUT2D eigenvalue weighted by atomic mass is 16.4. The summed E-state index contributed by atoms with van der Waals surface area (Å²) in [6.45, 7) is 1.70. The molecular weight excluding hydrogens is 202 g/mol. The van der Waals surface area contributed by atoms with E-state index in [1.54, 1.807) is 0 Å². The third-order valence-electron chi connectivity index (χ3n) is 2.80. The van der Waals surface area contributed by atoms with E-state index >= 15 is 0 Å². The number of nitrogens with zero attached hydrogens (tertiary/aromatic N) is 1. The smallest absolute Gasteiger partial charge is 0.317 e. The van der Waals surface area contributed by atoms with E-state index in [1.165, 1.54) is 11.1 Å². The SMILES string of the molecule is O=C(O)CN1CC=C(c2ccccc2)CC1. The fraction of sp³-hybridized carbons (Fsp3) is 0.308. The third-order valence-corrected chi connectivity index (χ3v) is 2.80. The van der Waals surface area contributed by atoms with Crippen molar-refractivity contribution in [1.29, 1.82) is 0 Å². The molecule has 0 saturated carbocycles. The van der Waals surface area contributed by atoms with Crippen LogP contribution in [0.4, 0.5) is 0 Å². The number of carboxylic acid groups (broad SMARTS) is 1. The summed E-state index contributed by atoms with van der Waals surface area (Å²) in [5, 5.41) is 8.69. The lowest BCUT2D eigenvalue weighted by molar-refractivity contribution is -0.138. The minimum atomic E-state index is -0.753. The van der Waals surface area contributed by atoms with Crippen molar-refractivity contribution in [1.82, 2.24) is 4.90 Å². The molecule has 84 valence electrons. The van der Waals surface area contributed by atoms with Crippen LogP contribution >= 0.6 is 0 Å². The van der Waals surface area contributed by atoms with Crippen LogP contribution in [0.15, 0.2) is 36.4 Å². The molecule has 1 aromatic rings. The average Bonchev–Trinajstić information content (AvgIpc) is 2.30. The van der Waals surface area contributed by atoms with E-state index in [2.05, 4.69) is 18.2 Å². The molecular formula is C13H15NO2. The Balaban J connectivity index is 2.01. The number of benzene rings is 1. The minimum Gasteiger partial charge on any atom is -0.480 e. The molecule has 0 radical (unpaired) electrons. The molecule has 0 aromatic heterocycles. The Morgan fingerprint density at radius 1 is 1.31 bits per heavy atom. The maximum absolute atomic E-state index is 10.6. The summed E-state index contributed by atoms with van der Waals surface area (Å²) in [4.78, 5) is 12.5. The van der Waals surface area contributed by atoms with Crippen LogP contribution in [0.25, 0.3) is 5.57 Å². The summed E-state index contributed by atoms with van der Waals surface area (Å²) >= 11 is 0. The van der Waals surface area contributed by atoms with Crippen LogP contribution in [-0.2, 0) is 4.79 Å². The highest BCUT2D eigenvalue weighted by molar-refractivity contribution is 5.70. The van der Waals surface area contributed by atoms with Crippen LogP contribution in [0, 0.1) is 0 Å². The molecule has 0 fully saturated rings. The van der Waals surface area contributed by atoms with Crippen LogP contribution in [-0.4, -0.2) is 35.6 Å². The van der Waals surface area contributed by atoms with E-state index in [-0.39, 0.29) is 6.54 Å². The molecule has 0 unspecified atom stereocenters. The van der Waals surface area contributed by atoms with Crippen LogP contribution < -0.4 is 0 Å². The Kier molecular flexibility index (Phi) is 3.37. The number of hydrogen-bond acceptors (Lipinski definition) is 2. The first-order valence-electron chi connectivity index (χ1n) is 5.44. The van der Waals surface area contributed by atoms with Crippen LogP contribution in [0.3, 0.4) is 0 Å². The molecule has 2 rings (SSSR count). The Bertz CT molecular complexity index is 398. The van der Waals surface area contributed by atoms with E-state index in [1.807, 2.05) is 23.1 Å². The molecule has 0 atom stereocenters. The highest BCUT2D eigenvalue weighted by Gasteiger charge is 2.14. The largest absolute Gasteiger partial charge is 0.480 e. The molecule has 1 aromatic carbocycles. The Hall–Kier alpha value is -1.61. The van der Waals surface area contributed by atoms with E-state index < -0.39 is 5.97 Å². The van der Waals surface area contributed by atoms with E-state index in [0.29, 0.717) is 0 Å². The minimum absolute atomic E-state index is 0.137. The zero-order valence-corrected chi connectivity index (χ0v) is 9.10. The lowest BCUT2D eigenvalue weighted by Crippen LogP contribution is -2.33. The number of rotatable bonds is 3. The zero-order chi connectivity index (χ0) is 11.4. The maximum atomic E-state index is 10.6. The number of carboxylic acids is 1. The fourth-order valence-corrected chi connectivity index (χ4v) is 1.96. The first-order chi connectivity index (χ1) is 7.75. The van der Waals surface area contributed by atoms with Crippen LogP contribution in [0.2, 0.25) is 0 Å². The Labute approximate surface area is 95.0 Å². The topological polar surface area (TPSA) is 40.5 Å². The van der Waals surface area contributed by atoms with Crippen molar-refractivity contribution in [3.8, 4) is 0 Å². The number of carbonyl (C=O) groups is 1. The molecule has 1 N–H and O–H groups in total. The van der Waals surface area contributed by atoms with E-state index in [4.69, 9.17) is 5.11 Å². The van der Waals surface area contributed by atoms with Gasteiger partial charge in [0.15, 0.2) is 0 Å². The van der Waals surface area contributed by atoms with Gasteiger partial charge < -0.3 is 5.11 Å². The predicted molar refractivity (Wildman–Crippen MR) is 63.1 cm³/mol. The second kappa shape index (κ2) is 4.94. The van der Waals surface area contributed by atoms with E-state index in [0.717, 1.165) is 19.5 Å². The van der Waals surface area contributed by atoms with Gasteiger partial charge in [-0.05, 0) is 17.6 Å². The number of hydrogen-bond donors (Lipinski definition) is 1. The predicted octanol–water partition coefficient (Wildman–Crippen LogP) is 1.86. The van der Waals surface area contributed by atoms with Crippen molar-refractivity contribution in [2.24, 2.45) is 0 Å². The van der Waals surface area contributed by atoms with E-state index in [9.17, 15) is 4.79 Å². The highest BCUT2D eigenvalue weighted by Crippen LogP contribution is 2.21. The van der Waals surface area contributed by atoms with Gasteiger partial charge in [-0.15, -0.1) is 0 Å². The van der Waals surface area contributed by atoms with Gasteiger partial charge in [-0.3, -0.25) is 9.69 Å². The van der Waals surface area contributed by atoms with Crippen molar-refractivity contribution in [3.63, 3.8) is 0 Å². The second-order valence-electron chi connectivity index (χ2n) is 3.97. The normalized spacial score (nSPS) is 16.9. The zero-order valence-electron chi connectivity index (χ0n) is 9.10. The molecule has 0 bridgehead atoms. The molecule has 1 heterocycles. The van der Waals surface area contributed by atoms with Crippen molar-refractivity contribution in [2.75, 3.05) is 19.6 Å². The van der Waals surface area contributed by atoms with Crippen molar-refractivity contribution in [3.05, 3.63) is 42.0 Å². The summed E-state index contributed by atoms with van der Waals surface area (Å²) in [5.41, 5.74) is 2.57. The van der Waals surface area contributed by atoms with Gasteiger partial charge in [-0.1, -0.05) is 36.4 Å². The quantitative estimate of drug-likeness (QED) is 0.840. The summed E-state index contributed by atoms with van der Waals surface area (Å²) in [7, 11) is 0. The van der Waals surface area contributed by atoms with Crippen molar-refractivity contribution < 1.29 is 9.90 Å². The monoisotopic (exact) mass is 217 g/mol. The summed E-state index contributed by atoms with van der Waals surface area (Å²) < 4.78 is 0. The van der Waals surface area contributed by atoms with Gasteiger partial charge in [-0.25, -0.2) is 0 Å². The summed E-state index contributed by atoms with van der Waals surface area (Å²) in [5.74, 6) is -0.753. The number of aliphatic carboxylic acids is 1. The molecule has 3 heteroatoms. The Morgan fingerprint density at radius 3 is 2.62 bits per heavy atom. The third kappa shape index (κ3) is 2.70. The molecule has 1 aliphatic rings. The maximum Gasteiger partial charge on any atom is 0.317 e. The van der Waals surface area contributed by atoms with Crippen LogP contribution in [0.1, 0.15) is 12.0 Å². The van der Waals surface area contributed by atoms with Crippen LogP contribution in [0.5, 0.6) is 0 Å². The van der Waals surface area contributed by atoms with Gasteiger partial charge in [0.2, 0.25) is 0 Å². The van der Waals surface area contributed by atoms with Gasteiger partial charge in [0.05, 0.1) is 6.54 Å². The lowest BCUT2D eigenvalue weighted by Gasteiger charge is -2.24. The molecule has 0 aliphatic carbocycles. The van der Waals surface area contributed by atoms with Gasteiger partial charge in [0, 0.05) is 13.1 Å². The standard InChI is InChI=1S/C13H15NO2/c15-13(16)10-14-8-6-12(7-9-14)11-4-2-1-3-5-11/h1-6H,7-10H2,(H,15,16). The average molecular weight is 217 g/mol. The molecule has 16 heavy (non-hydrogen) atoms. The lowest BCUT2D eigenvalue weighted by atomic mass is 10.00. The van der Waals surface area contributed by atoms with Gasteiger partial charge in [-0.2, -0.15) is 0 Å². The van der Waals surface area contributed by atoms with Gasteiger partial charge >= 0.3 is 5.97 Å². The second-order valence-corrected chi connectivity index (χ2v) is 3.97. The first-order valence-corrected chi connectivity index (χ1v) is 5.44.